The summed E-state index contributed by atoms with van der Waals surface area (Å²) in [5.74, 6) is -0.208. The van der Waals surface area contributed by atoms with Crippen molar-refractivity contribution in [3.8, 4) is 0 Å². The number of carbonyl (C=O) groups excluding carboxylic acids is 1. The molecular weight excluding hydrogens is 430 g/mol. The van der Waals surface area contributed by atoms with Crippen LogP contribution in [0.15, 0.2) is 38.6 Å². The second-order valence-corrected chi connectivity index (χ2v) is 11.3. The Kier molecular flexibility index (Phi) is 6.08. The van der Waals surface area contributed by atoms with E-state index in [4.69, 9.17) is 4.52 Å². The summed E-state index contributed by atoms with van der Waals surface area (Å²) >= 11 is 0. The van der Waals surface area contributed by atoms with Crippen molar-refractivity contribution in [1.82, 2.24) is 14.8 Å². The molecule has 11 heteroatoms. The molecule has 1 aliphatic rings. The average Bonchev–Trinajstić information content (AvgIpc) is 3.28. The van der Waals surface area contributed by atoms with Gasteiger partial charge in [-0.1, -0.05) is 17.3 Å². The lowest BCUT2D eigenvalue weighted by Gasteiger charge is -2.25. The smallest absolute Gasteiger partial charge is 0.249 e. The second-order valence-electron chi connectivity index (χ2n) is 7.50. The van der Waals surface area contributed by atoms with E-state index in [9.17, 15) is 21.6 Å². The molecule has 1 fully saturated rings. The number of amides is 1. The molecule has 1 aliphatic heterocycles. The quantitative estimate of drug-likeness (QED) is 0.703. The van der Waals surface area contributed by atoms with Gasteiger partial charge in [-0.05, 0) is 51.3 Å². The molecular formula is C19H25N3O6S2. The van der Waals surface area contributed by atoms with Gasteiger partial charge in [0, 0.05) is 12.8 Å². The van der Waals surface area contributed by atoms with Crippen LogP contribution in [0.25, 0.3) is 0 Å². The van der Waals surface area contributed by atoms with Crippen LogP contribution >= 0.6 is 0 Å². The van der Waals surface area contributed by atoms with Gasteiger partial charge in [-0.15, -0.1) is 0 Å². The van der Waals surface area contributed by atoms with Crippen molar-refractivity contribution in [2.45, 2.75) is 55.5 Å². The van der Waals surface area contributed by atoms with Gasteiger partial charge in [-0.2, -0.15) is 4.31 Å². The molecule has 0 radical (unpaired) electrons. The minimum Gasteiger partial charge on any atom is -0.360 e. The summed E-state index contributed by atoms with van der Waals surface area (Å²) in [6.45, 7) is 5.08. The first-order valence-electron chi connectivity index (χ1n) is 9.48. The second kappa shape index (κ2) is 8.12. The van der Waals surface area contributed by atoms with Crippen molar-refractivity contribution in [2.24, 2.45) is 0 Å². The first kappa shape index (κ1) is 22.4. The normalized spacial score (nSPS) is 19.0. The zero-order valence-electron chi connectivity index (χ0n) is 17.2. The number of sulfone groups is 1. The Morgan fingerprint density at radius 2 is 1.83 bits per heavy atom. The number of carbonyl (C=O) groups is 1. The van der Waals surface area contributed by atoms with Gasteiger partial charge in [0.15, 0.2) is 15.6 Å². The number of benzene rings is 1. The van der Waals surface area contributed by atoms with Gasteiger partial charge in [0.05, 0.1) is 10.9 Å². The molecule has 2 aromatic rings. The maximum absolute atomic E-state index is 13.1. The van der Waals surface area contributed by atoms with E-state index in [1.807, 2.05) is 0 Å². The lowest BCUT2D eigenvalue weighted by atomic mass is 10.1. The van der Waals surface area contributed by atoms with E-state index in [0.29, 0.717) is 18.4 Å². The van der Waals surface area contributed by atoms with Crippen molar-refractivity contribution < 1.29 is 26.2 Å². The molecule has 0 aliphatic carbocycles. The first-order valence-corrected chi connectivity index (χ1v) is 12.8. The lowest BCUT2D eigenvalue weighted by molar-refractivity contribution is -0.124. The number of hydrogen-bond donors (Lipinski definition) is 1. The standard InChI is InChI=1S/C19H25N3O6S2/c1-12(15-7-9-16(10-8-15)29(4,24)25)20-19(23)17-6-5-11-22(17)30(26,27)18-13(2)21-28-14(18)3/h7-10,12,17H,5-6,11H2,1-4H3,(H,20,23)/t12-,17+/m1/s1. The van der Waals surface area contributed by atoms with Crippen LogP contribution < -0.4 is 5.32 Å². The van der Waals surface area contributed by atoms with Crippen molar-refractivity contribution in [3.05, 3.63) is 41.3 Å². The molecule has 2 heterocycles. The highest BCUT2D eigenvalue weighted by atomic mass is 32.2. The lowest BCUT2D eigenvalue weighted by Crippen LogP contribution is -2.46. The van der Waals surface area contributed by atoms with E-state index < -0.39 is 37.9 Å². The topological polar surface area (TPSA) is 127 Å². The minimum absolute atomic E-state index is 0.00612. The third kappa shape index (κ3) is 4.28. The molecule has 0 saturated carbocycles. The summed E-state index contributed by atoms with van der Waals surface area (Å²) in [5, 5.41) is 6.55. The highest BCUT2D eigenvalue weighted by Gasteiger charge is 2.42. The van der Waals surface area contributed by atoms with Crippen molar-refractivity contribution in [3.63, 3.8) is 0 Å². The van der Waals surface area contributed by atoms with Gasteiger partial charge < -0.3 is 9.84 Å². The zero-order valence-corrected chi connectivity index (χ0v) is 18.9. The van der Waals surface area contributed by atoms with Crippen LogP contribution in [0.2, 0.25) is 0 Å². The number of rotatable bonds is 6. The van der Waals surface area contributed by atoms with E-state index in [0.717, 1.165) is 6.26 Å². The Hall–Kier alpha value is -2.24. The summed E-state index contributed by atoms with van der Waals surface area (Å²) in [6, 6.07) is 4.98. The van der Waals surface area contributed by atoms with Crippen LogP contribution in [0.3, 0.4) is 0 Å². The summed E-state index contributed by atoms with van der Waals surface area (Å²) in [4.78, 5) is 13.1. The molecule has 1 saturated heterocycles. The highest BCUT2D eigenvalue weighted by molar-refractivity contribution is 7.90. The van der Waals surface area contributed by atoms with Gasteiger partial charge in [-0.3, -0.25) is 4.79 Å². The number of hydrogen-bond acceptors (Lipinski definition) is 7. The predicted molar refractivity (Wildman–Crippen MR) is 109 cm³/mol. The molecule has 0 spiro atoms. The highest BCUT2D eigenvalue weighted by Crippen LogP contribution is 2.30. The van der Waals surface area contributed by atoms with Crippen LogP contribution in [0.5, 0.6) is 0 Å². The van der Waals surface area contributed by atoms with Gasteiger partial charge in [0.25, 0.3) is 0 Å². The van der Waals surface area contributed by atoms with E-state index >= 15 is 0 Å². The molecule has 1 amide bonds. The molecule has 164 valence electrons. The Morgan fingerprint density at radius 3 is 2.37 bits per heavy atom. The third-order valence-corrected chi connectivity index (χ3v) is 8.49. The van der Waals surface area contributed by atoms with Gasteiger partial charge in [0.2, 0.25) is 15.9 Å². The molecule has 2 atom stereocenters. The SMILES string of the molecule is Cc1noc(C)c1S(=O)(=O)N1CCC[C@H]1C(=O)N[C@H](C)c1ccc(S(C)(=O)=O)cc1. The number of sulfonamides is 1. The number of nitrogens with one attached hydrogen (secondary N) is 1. The van der Waals surface area contributed by atoms with Crippen LogP contribution in [0.1, 0.15) is 42.8 Å². The molecule has 9 nitrogen and oxygen atoms in total. The molecule has 1 N–H and O–H groups in total. The fourth-order valence-corrected chi connectivity index (χ4v) is 6.23. The van der Waals surface area contributed by atoms with Crippen molar-refractivity contribution >= 4 is 25.8 Å². The van der Waals surface area contributed by atoms with Crippen LogP contribution in [0, 0.1) is 13.8 Å². The zero-order chi connectivity index (χ0) is 22.3. The molecule has 1 aromatic heterocycles. The Bertz CT molecular complexity index is 1130. The Labute approximate surface area is 176 Å². The fraction of sp³-hybridized carbons (Fsp3) is 0.474. The summed E-state index contributed by atoms with van der Waals surface area (Å²) in [6.07, 6.45) is 2.10. The monoisotopic (exact) mass is 455 g/mol. The first-order chi connectivity index (χ1) is 13.9. The summed E-state index contributed by atoms with van der Waals surface area (Å²) in [7, 11) is -7.23. The van der Waals surface area contributed by atoms with Gasteiger partial charge in [-0.25, -0.2) is 16.8 Å². The Morgan fingerprint density at radius 1 is 1.20 bits per heavy atom. The fourth-order valence-electron chi connectivity index (χ4n) is 3.65. The van der Waals surface area contributed by atoms with Crippen LogP contribution in [-0.2, 0) is 24.7 Å². The predicted octanol–water partition coefficient (Wildman–Crippen LogP) is 1.73. The van der Waals surface area contributed by atoms with Gasteiger partial charge in [0.1, 0.15) is 16.6 Å². The summed E-state index contributed by atoms with van der Waals surface area (Å²) in [5.41, 5.74) is 0.978. The maximum atomic E-state index is 13.1. The Balaban J connectivity index is 1.77. The number of aryl methyl sites for hydroxylation is 2. The molecule has 0 unspecified atom stereocenters. The van der Waals surface area contributed by atoms with Crippen LogP contribution in [0.4, 0.5) is 0 Å². The largest absolute Gasteiger partial charge is 0.360 e. The average molecular weight is 456 g/mol. The minimum atomic E-state index is -3.92. The van der Waals surface area contributed by atoms with Gasteiger partial charge >= 0.3 is 0 Å². The third-order valence-electron chi connectivity index (χ3n) is 5.21. The number of nitrogens with zero attached hydrogens (tertiary/aromatic N) is 2. The molecule has 1 aromatic carbocycles. The molecule has 30 heavy (non-hydrogen) atoms. The van der Waals surface area contributed by atoms with Crippen LogP contribution in [-0.4, -0.2) is 51.0 Å². The van der Waals surface area contributed by atoms with E-state index in [-0.39, 0.29) is 27.8 Å². The van der Waals surface area contributed by atoms with E-state index in [2.05, 4.69) is 10.5 Å². The molecule has 3 rings (SSSR count). The maximum Gasteiger partial charge on any atom is 0.249 e. The van der Waals surface area contributed by atoms with E-state index in [1.54, 1.807) is 26.0 Å². The number of aromatic nitrogens is 1. The van der Waals surface area contributed by atoms with E-state index in [1.165, 1.54) is 23.4 Å². The van der Waals surface area contributed by atoms with Crippen molar-refractivity contribution in [2.75, 3.05) is 12.8 Å². The molecule has 0 bridgehead atoms. The summed E-state index contributed by atoms with van der Waals surface area (Å²) < 4.78 is 55.6. The van der Waals surface area contributed by atoms with Crippen molar-refractivity contribution in [1.29, 1.82) is 0 Å².